The topological polar surface area (TPSA) is 76.1 Å². The third kappa shape index (κ3) is 5.26. The minimum absolute atomic E-state index is 0.0368. The number of piperidine rings is 1. The Kier molecular flexibility index (Phi) is 5.95. The van der Waals surface area contributed by atoms with Crippen molar-refractivity contribution in [2.24, 2.45) is 11.8 Å². The summed E-state index contributed by atoms with van der Waals surface area (Å²) in [6.45, 7) is 4.26. The molecule has 1 aliphatic rings. The lowest BCUT2D eigenvalue weighted by atomic mass is 9.85. The van der Waals surface area contributed by atoms with E-state index in [9.17, 15) is 4.79 Å². The number of nitrogens with zero attached hydrogens (tertiary/aromatic N) is 2. The van der Waals surface area contributed by atoms with Gasteiger partial charge in [-0.25, -0.2) is 0 Å². The maximum atomic E-state index is 12.3. The minimum atomic E-state index is 0.0368. The highest BCUT2D eigenvalue weighted by atomic mass is 16.5. The molecule has 1 saturated heterocycles. The molecule has 0 saturated carbocycles. The van der Waals surface area contributed by atoms with Crippen molar-refractivity contribution in [3.63, 3.8) is 0 Å². The first kappa shape index (κ1) is 17.4. The molecular weight excluding hydrogens is 316 g/mol. The molecule has 0 radical (unpaired) electrons. The van der Waals surface area contributed by atoms with E-state index in [1.54, 1.807) is 24.4 Å². The molecule has 132 valence electrons. The third-order valence-electron chi connectivity index (χ3n) is 4.54. The lowest BCUT2D eigenvalue weighted by molar-refractivity contribution is -0.117. The van der Waals surface area contributed by atoms with Gasteiger partial charge >= 0.3 is 0 Å². The predicted octanol–water partition coefficient (Wildman–Crippen LogP) is 3.23. The summed E-state index contributed by atoms with van der Waals surface area (Å²) in [5.41, 5.74) is 0.723. The van der Waals surface area contributed by atoms with Crippen molar-refractivity contribution >= 4 is 11.6 Å². The summed E-state index contributed by atoms with van der Waals surface area (Å²) in [6, 6.07) is 10.8. The fraction of sp³-hybridized carbons (Fsp3) is 0.421. The molecule has 0 aliphatic carbocycles. The van der Waals surface area contributed by atoms with Crippen LogP contribution >= 0.6 is 0 Å². The number of anilines is 1. The molecule has 2 atom stereocenters. The van der Waals surface area contributed by atoms with Crippen molar-refractivity contribution in [2.45, 2.75) is 26.2 Å². The summed E-state index contributed by atoms with van der Waals surface area (Å²) in [4.78, 5) is 12.3. The smallest absolute Gasteiger partial charge is 0.238 e. The highest BCUT2D eigenvalue weighted by Gasteiger charge is 2.22. The maximum Gasteiger partial charge on any atom is 0.238 e. The zero-order chi connectivity index (χ0) is 17.5. The Morgan fingerprint density at radius 3 is 3.08 bits per heavy atom. The van der Waals surface area contributed by atoms with Crippen LogP contribution in [0.1, 0.15) is 26.2 Å². The van der Waals surface area contributed by atoms with Crippen LogP contribution in [-0.2, 0) is 4.79 Å². The first-order chi connectivity index (χ1) is 12.2. The van der Waals surface area contributed by atoms with Gasteiger partial charge in [-0.2, -0.15) is 5.10 Å². The number of ether oxygens (including phenoxy) is 1. The minimum Gasteiger partial charge on any atom is -0.437 e. The number of hydrogen-bond acceptors (Lipinski definition) is 5. The Hall–Kier alpha value is -2.47. The van der Waals surface area contributed by atoms with Gasteiger partial charge in [-0.15, -0.1) is 5.10 Å². The van der Waals surface area contributed by atoms with Gasteiger partial charge in [0, 0.05) is 30.4 Å². The molecule has 1 aromatic carbocycles. The summed E-state index contributed by atoms with van der Waals surface area (Å²) in [5.74, 6) is 2.01. The number of nitrogens with one attached hydrogen (secondary N) is 2. The van der Waals surface area contributed by atoms with Crippen LogP contribution in [0.2, 0.25) is 0 Å². The lowest BCUT2D eigenvalue weighted by Gasteiger charge is -2.28. The highest BCUT2D eigenvalue weighted by Crippen LogP contribution is 2.25. The molecule has 3 rings (SSSR count). The second kappa shape index (κ2) is 8.58. The van der Waals surface area contributed by atoms with Crippen molar-refractivity contribution in [3.8, 4) is 11.6 Å². The monoisotopic (exact) mass is 340 g/mol. The van der Waals surface area contributed by atoms with Crippen LogP contribution in [0.3, 0.4) is 0 Å². The van der Waals surface area contributed by atoms with Gasteiger partial charge in [0.15, 0.2) is 0 Å². The largest absolute Gasteiger partial charge is 0.437 e. The van der Waals surface area contributed by atoms with Gasteiger partial charge in [0.25, 0.3) is 0 Å². The van der Waals surface area contributed by atoms with Crippen molar-refractivity contribution in [2.75, 3.05) is 18.4 Å². The Morgan fingerprint density at radius 2 is 2.32 bits per heavy atom. The zero-order valence-electron chi connectivity index (χ0n) is 14.4. The van der Waals surface area contributed by atoms with Gasteiger partial charge in [-0.3, -0.25) is 4.79 Å². The van der Waals surface area contributed by atoms with Crippen molar-refractivity contribution < 1.29 is 9.53 Å². The predicted molar refractivity (Wildman–Crippen MR) is 96.6 cm³/mol. The molecule has 1 aromatic heterocycles. The van der Waals surface area contributed by atoms with Crippen LogP contribution < -0.4 is 15.4 Å². The first-order valence-electron chi connectivity index (χ1n) is 8.77. The maximum absolute atomic E-state index is 12.3. The number of carbonyl (C=O) groups is 1. The van der Waals surface area contributed by atoms with E-state index in [0.717, 1.165) is 18.8 Å². The van der Waals surface area contributed by atoms with Gasteiger partial charge in [0.1, 0.15) is 5.75 Å². The second-order valence-electron chi connectivity index (χ2n) is 6.53. The van der Waals surface area contributed by atoms with E-state index in [1.165, 1.54) is 12.8 Å². The molecule has 0 spiro atoms. The first-order valence-corrected chi connectivity index (χ1v) is 8.77. The van der Waals surface area contributed by atoms with E-state index >= 15 is 0 Å². The van der Waals surface area contributed by atoms with E-state index in [-0.39, 0.29) is 5.91 Å². The van der Waals surface area contributed by atoms with Crippen molar-refractivity contribution in [1.82, 2.24) is 15.5 Å². The number of carbonyl (C=O) groups excluding carboxylic acids is 1. The number of hydrogen-bond donors (Lipinski definition) is 2. The molecule has 1 amide bonds. The normalized spacial score (nSPS) is 18.4. The zero-order valence-corrected chi connectivity index (χ0v) is 14.4. The van der Waals surface area contributed by atoms with Crippen LogP contribution in [0.4, 0.5) is 5.69 Å². The van der Waals surface area contributed by atoms with E-state index in [0.29, 0.717) is 29.9 Å². The summed E-state index contributed by atoms with van der Waals surface area (Å²) in [5, 5.41) is 14.0. The fourth-order valence-corrected chi connectivity index (χ4v) is 3.14. The van der Waals surface area contributed by atoms with Crippen molar-refractivity contribution in [3.05, 3.63) is 42.6 Å². The third-order valence-corrected chi connectivity index (χ3v) is 4.54. The molecule has 2 unspecified atom stereocenters. The Bertz CT molecular complexity index is 687. The number of aromatic nitrogens is 2. The summed E-state index contributed by atoms with van der Waals surface area (Å²) in [7, 11) is 0. The van der Waals surface area contributed by atoms with E-state index in [4.69, 9.17) is 4.74 Å². The van der Waals surface area contributed by atoms with E-state index in [1.807, 2.05) is 18.2 Å². The molecule has 2 heterocycles. The van der Waals surface area contributed by atoms with E-state index < -0.39 is 0 Å². The van der Waals surface area contributed by atoms with E-state index in [2.05, 4.69) is 27.8 Å². The molecule has 2 aromatic rings. The number of rotatable bonds is 6. The summed E-state index contributed by atoms with van der Waals surface area (Å²) < 4.78 is 5.64. The number of amides is 1. The Morgan fingerprint density at radius 1 is 1.40 bits per heavy atom. The van der Waals surface area contributed by atoms with Crippen LogP contribution in [0.5, 0.6) is 11.6 Å². The summed E-state index contributed by atoms with van der Waals surface area (Å²) in [6.07, 6.45) is 4.51. The van der Waals surface area contributed by atoms with Crippen LogP contribution in [-0.4, -0.2) is 29.2 Å². The van der Waals surface area contributed by atoms with Gasteiger partial charge < -0.3 is 15.4 Å². The molecule has 0 bridgehead atoms. The van der Waals surface area contributed by atoms with Gasteiger partial charge in [-0.05, 0) is 56.0 Å². The van der Waals surface area contributed by atoms with Gasteiger partial charge in [-0.1, -0.05) is 13.0 Å². The van der Waals surface area contributed by atoms with Crippen molar-refractivity contribution in [1.29, 1.82) is 0 Å². The average Bonchev–Trinajstić information content (AvgIpc) is 2.63. The fourth-order valence-electron chi connectivity index (χ4n) is 3.14. The molecule has 6 heteroatoms. The quantitative estimate of drug-likeness (QED) is 0.844. The van der Waals surface area contributed by atoms with Gasteiger partial charge in [0.05, 0.1) is 0 Å². The molecular formula is C19H24N4O2. The molecule has 1 aliphatic heterocycles. The Labute approximate surface area is 148 Å². The average molecular weight is 340 g/mol. The highest BCUT2D eigenvalue weighted by molar-refractivity contribution is 5.91. The van der Waals surface area contributed by atoms with Gasteiger partial charge in [0.2, 0.25) is 11.8 Å². The molecule has 6 nitrogen and oxygen atoms in total. The number of benzene rings is 1. The standard InChI is InChI=1S/C19H24N4O2/c1-14(15-5-3-9-20-13-15)11-18(24)22-16-6-2-7-17(12-16)25-19-8-4-10-21-23-19/h2,4,6-8,10,12,14-15,20H,3,5,9,11,13H2,1H3,(H,22,24). The molecule has 25 heavy (non-hydrogen) atoms. The molecule has 1 fully saturated rings. The molecule has 2 N–H and O–H groups in total. The van der Waals surface area contributed by atoms with Crippen LogP contribution in [0, 0.1) is 11.8 Å². The van der Waals surface area contributed by atoms with Crippen LogP contribution in [0.25, 0.3) is 0 Å². The SMILES string of the molecule is CC(CC(=O)Nc1cccc(Oc2cccnn2)c1)C1CCCNC1. The lowest BCUT2D eigenvalue weighted by Crippen LogP contribution is -2.34. The van der Waals surface area contributed by atoms with Crippen LogP contribution in [0.15, 0.2) is 42.6 Å². The Balaban J connectivity index is 1.55. The summed E-state index contributed by atoms with van der Waals surface area (Å²) >= 11 is 0. The second-order valence-corrected chi connectivity index (χ2v) is 6.53.